The fourth-order valence-electron chi connectivity index (χ4n) is 4.04. The van der Waals surface area contributed by atoms with Crippen molar-refractivity contribution in [1.82, 2.24) is 4.90 Å². The molecule has 0 saturated carbocycles. The highest BCUT2D eigenvalue weighted by Gasteiger charge is 2.27. The van der Waals surface area contributed by atoms with Gasteiger partial charge >= 0.3 is 5.97 Å². The normalized spacial score (nSPS) is 17.9. The van der Waals surface area contributed by atoms with Gasteiger partial charge in [0.05, 0.1) is 12.0 Å². The summed E-state index contributed by atoms with van der Waals surface area (Å²) in [6.45, 7) is 8.41. The highest BCUT2D eigenvalue weighted by atomic mass is 16.5. The van der Waals surface area contributed by atoms with Gasteiger partial charge in [-0.15, -0.1) is 0 Å². The van der Waals surface area contributed by atoms with E-state index in [1.807, 2.05) is 24.3 Å². The molecule has 152 valence electrons. The van der Waals surface area contributed by atoms with Crippen LogP contribution in [0.1, 0.15) is 45.1 Å². The molecule has 1 heterocycles. The molecule has 0 aromatic heterocycles. The van der Waals surface area contributed by atoms with Crippen molar-refractivity contribution in [2.45, 2.75) is 52.2 Å². The van der Waals surface area contributed by atoms with Crippen LogP contribution >= 0.6 is 0 Å². The molecule has 0 radical (unpaired) electrons. The van der Waals surface area contributed by atoms with E-state index in [0.717, 1.165) is 62.9 Å². The number of rotatable bonds is 10. The van der Waals surface area contributed by atoms with Crippen LogP contribution < -0.4 is 0 Å². The fraction of sp³-hybridized carbons (Fsp3) is 0.542. The van der Waals surface area contributed by atoms with Crippen LogP contribution in [0.25, 0.3) is 10.8 Å². The van der Waals surface area contributed by atoms with Crippen LogP contribution in [0.5, 0.6) is 0 Å². The minimum Gasteiger partial charge on any atom is -0.461 e. The van der Waals surface area contributed by atoms with Crippen LogP contribution in [0.15, 0.2) is 42.5 Å². The van der Waals surface area contributed by atoms with E-state index in [1.165, 1.54) is 5.39 Å². The summed E-state index contributed by atoms with van der Waals surface area (Å²) < 4.78 is 11.6. The van der Waals surface area contributed by atoms with Crippen LogP contribution in [0, 0.1) is 5.92 Å². The van der Waals surface area contributed by atoms with Crippen molar-refractivity contribution in [3.8, 4) is 0 Å². The van der Waals surface area contributed by atoms with Crippen molar-refractivity contribution in [2.75, 3.05) is 26.2 Å². The summed E-state index contributed by atoms with van der Waals surface area (Å²) in [5, 5.41) is 2.32. The summed E-state index contributed by atoms with van der Waals surface area (Å²) in [7, 11) is 0. The number of carbonyl (C=O) groups is 1. The summed E-state index contributed by atoms with van der Waals surface area (Å²) in [5.74, 6) is -0.186. The van der Waals surface area contributed by atoms with Gasteiger partial charge in [0.2, 0.25) is 0 Å². The lowest BCUT2D eigenvalue weighted by molar-refractivity contribution is -0.151. The second-order valence-corrected chi connectivity index (χ2v) is 7.63. The molecule has 1 fully saturated rings. The molecule has 1 aliphatic rings. The number of fused-ring (bicyclic) bond motifs is 1. The van der Waals surface area contributed by atoms with Gasteiger partial charge in [-0.3, -0.25) is 4.79 Å². The van der Waals surface area contributed by atoms with Crippen molar-refractivity contribution < 1.29 is 14.3 Å². The van der Waals surface area contributed by atoms with E-state index >= 15 is 0 Å². The Hall–Kier alpha value is -1.91. The Morgan fingerprint density at radius 3 is 2.71 bits per heavy atom. The largest absolute Gasteiger partial charge is 0.461 e. The first-order valence-electron chi connectivity index (χ1n) is 10.7. The van der Waals surface area contributed by atoms with E-state index in [0.29, 0.717) is 6.61 Å². The molecule has 1 saturated heterocycles. The number of hydrogen-bond donors (Lipinski definition) is 0. The van der Waals surface area contributed by atoms with Gasteiger partial charge in [-0.25, -0.2) is 0 Å². The van der Waals surface area contributed by atoms with E-state index < -0.39 is 0 Å². The van der Waals surface area contributed by atoms with Crippen LogP contribution in [0.3, 0.4) is 0 Å². The molecule has 0 N–H and O–H groups in total. The second-order valence-electron chi connectivity index (χ2n) is 7.63. The van der Waals surface area contributed by atoms with Gasteiger partial charge in [0.25, 0.3) is 0 Å². The molecule has 0 aliphatic carbocycles. The zero-order valence-electron chi connectivity index (χ0n) is 17.2. The Morgan fingerprint density at radius 1 is 1.18 bits per heavy atom. The molecular formula is C24H33NO3. The smallest absolute Gasteiger partial charge is 0.309 e. The third-order valence-corrected chi connectivity index (χ3v) is 5.84. The van der Waals surface area contributed by atoms with Crippen molar-refractivity contribution in [2.24, 2.45) is 5.92 Å². The van der Waals surface area contributed by atoms with Crippen molar-refractivity contribution in [3.63, 3.8) is 0 Å². The summed E-state index contributed by atoms with van der Waals surface area (Å²) >= 11 is 0. The molecule has 4 nitrogen and oxygen atoms in total. The number of nitrogens with zero attached hydrogens (tertiary/aromatic N) is 1. The predicted molar refractivity (Wildman–Crippen MR) is 113 cm³/mol. The third-order valence-electron chi connectivity index (χ3n) is 5.84. The molecule has 1 aliphatic heterocycles. The zero-order valence-corrected chi connectivity index (χ0v) is 17.2. The molecule has 3 rings (SSSR count). The summed E-state index contributed by atoms with van der Waals surface area (Å²) in [5.41, 5.74) is 1.06. The van der Waals surface area contributed by atoms with Crippen molar-refractivity contribution in [1.29, 1.82) is 0 Å². The topological polar surface area (TPSA) is 38.8 Å². The molecule has 1 unspecified atom stereocenters. The first kappa shape index (κ1) is 20.8. The van der Waals surface area contributed by atoms with E-state index in [2.05, 4.69) is 36.9 Å². The Bertz CT molecular complexity index is 745. The van der Waals surface area contributed by atoms with Crippen molar-refractivity contribution in [3.05, 3.63) is 48.0 Å². The van der Waals surface area contributed by atoms with Crippen LogP contribution in [0.4, 0.5) is 0 Å². The number of esters is 1. The van der Waals surface area contributed by atoms with Gasteiger partial charge in [0.15, 0.2) is 0 Å². The van der Waals surface area contributed by atoms with Crippen LogP contribution in [-0.2, 0) is 20.9 Å². The second kappa shape index (κ2) is 10.6. The maximum Gasteiger partial charge on any atom is 0.309 e. The lowest BCUT2D eigenvalue weighted by Crippen LogP contribution is -2.30. The first-order chi connectivity index (χ1) is 13.7. The average Bonchev–Trinajstić information content (AvgIpc) is 3.25. The summed E-state index contributed by atoms with van der Waals surface area (Å²) in [4.78, 5) is 15.3. The minimum absolute atomic E-state index is 0.0874. The molecule has 0 spiro atoms. The molecule has 0 amide bonds. The molecule has 28 heavy (non-hydrogen) atoms. The average molecular weight is 384 g/mol. The molecular weight excluding hydrogens is 350 g/mol. The Morgan fingerprint density at radius 2 is 1.96 bits per heavy atom. The molecule has 0 bridgehead atoms. The minimum atomic E-state index is -0.0984. The quantitative estimate of drug-likeness (QED) is 0.553. The first-order valence-corrected chi connectivity index (χ1v) is 10.7. The van der Waals surface area contributed by atoms with Gasteiger partial charge in [-0.1, -0.05) is 56.3 Å². The van der Waals surface area contributed by atoms with E-state index in [4.69, 9.17) is 9.47 Å². The number of ether oxygens (including phenoxy) is 2. The standard InChI is InChI=1S/C24H33NO3/c1-3-25(4-2)15-14-20(17-22-12-8-16-27-22)24(26)28-18-21-11-7-10-19-9-5-6-13-23(19)21/h5-7,9-11,13,20,22H,3-4,8,12,14-18H2,1-2H3/t20?,22-/m0/s1. The van der Waals surface area contributed by atoms with Gasteiger partial charge in [-0.2, -0.15) is 0 Å². The highest BCUT2D eigenvalue weighted by Crippen LogP contribution is 2.25. The van der Waals surface area contributed by atoms with E-state index in [9.17, 15) is 4.79 Å². The van der Waals surface area contributed by atoms with Crippen LogP contribution in [0.2, 0.25) is 0 Å². The number of hydrogen-bond acceptors (Lipinski definition) is 4. The summed E-state index contributed by atoms with van der Waals surface area (Å²) in [6, 6.07) is 14.4. The Balaban J connectivity index is 1.63. The highest BCUT2D eigenvalue weighted by molar-refractivity contribution is 5.85. The van der Waals surface area contributed by atoms with Gasteiger partial charge in [0, 0.05) is 6.61 Å². The fourth-order valence-corrected chi connectivity index (χ4v) is 4.04. The molecule has 4 heteroatoms. The Labute approximate surface area is 168 Å². The lowest BCUT2D eigenvalue weighted by Gasteiger charge is -2.23. The predicted octanol–water partition coefficient (Wildman–Crippen LogP) is 4.80. The van der Waals surface area contributed by atoms with Crippen molar-refractivity contribution >= 4 is 16.7 Å². The van der Waals surface area contributed by atoms with Gasteiger partial charge in [0.1, 0.15) is 6.61 Å². The zero-order chi connectivity index (χ0) is 19.8. The van der Waals surface area contributed by atoms with Gasteiger partial charge in [-0.05, 0) is 61.7 Å². The molecule has 2 atom stereocenters. The summed E-state index contributed by atoms with van der Waals surface area (Å²) in [6.07, 6.45) is 3.95. The lowest BCUT2D eigenvalue weighted by atomic mass is 9.96. The SMILES string of the molecule is CCN(CC)CCC(C[C@@H]1CCCO1)C(=O)OCc1cccc2ccccc12. The Kier molecular flexibility index (Phi) is 7.87. The monoisotopic (exact) mass is 383 g/mol. The van der Waals surface area contributed by atoms with E-state index in [1.54, 1.807) is 0 Å². The molecule has 2 aromatic rings. The number of benzene rings is 2. The maximum atomic E-state index is 12.9. The maximum absolute atomic E-state index is 12.9. The van der Waals surface area contributed by atoms with E-state index in [-0.39, 0.29) is 18.0 Å². The third kappa shape index (κ3) is 5.55. The number of carbonyl (C=O) groups excluding carboxylic acids is 1. The van der Waals surface area contributed by atoms with Gasteiger partial charge < -0.3 is 14.4 Å². The molecule has 2 aromatic carbocycles. The van der Waals surface area contributed by atoms with Crippen LogP contribution in [-0.4, -0.2) is 43.2 Å².